The van der Waals surface area contributed by atoms with E-state index in [1.165, 1.54) is 90.4 Å². The molecule has 0 amide bonds. The Bertz CT molecular complexity index is 5070. The molecule has 4 fully saturated rings. The topological polar surface area (TPSA) is 223 Å². The number of hydrogen-bond donors (Lipinski definition) is 1. The molecule has 14 rings (SSSR count). The third-order valence-corrected chi connectivity index (χ3v) is 24.3. The van der Waals surface area contributed by atoms with Crippen LogP contribution in [0.25, 0.3) is 5.57 Å². The van der Waals surface area contributed by atoms with Crippen LogP contribution in [0.4, 0.5) is 0 Å². The second kappa shape index (κ2) is 63.8. The predicted molar refractivity (Wildman–Crippen MR) is 552 cm³/mol. The number of phenolic OH excluding ortho intramolecular Hbond substituents is 1. The lowest BCUT2D eigenvalue weighted by molar-refractivity contribution is -0.179. The smallest absolute Gasteiger partial charge is 0.320 e. The number of ether oxygens (including phenoxy) is 8. The van der Waals surface area contributed by atoms with Crippen LogP contribution in [0.1, 0.15) is 211 Å². The van der Waals surface area contributed by atoms with Crippen LogP contribution in [0.15, 0.2) is 279 Å². The van der Waals surface area contributed by atoms with E-state index in [0.29, 0.717) is 49.9 Å². The maximum absolute atomic E-state index is 13.1. The normalized spacial score (nSPS) is 14.1. The third-order valence-electron chi connectivity index (χ3n) is 23.4. The number of halogens is 2. The summed E-state index contributed by atoms with van der Waals surface area (Å²) in [6.07, 6.45) is 25.3. The average Bonchev–Trinajstić information content (AvgIpc) is 0.816. The number of allylic oxidation sites excluding steroid dienone is 1. The number of ketones is 3. The Kier molecular flexibility index (Phi) is 52.4. The Morgan fingerprint density at radius 3 is 0.993 bits per heavy atom. The highest BCUT2D eigenvalue weighted by Crippen LogP contribution is 2.35. The van der Waals surface area contributed by atoms with Gasteiger partial charge in [-0.15, -0.1) is 0 Å². The second-order valence-electron chi connectivity index (χ2n) is 36.3. The molecule has 0 aromatic heterocycles. The van der Waals surface area contributed by atoms with Crippen molar-refractivity contribution in [3.63, 3.8) is 0 Å². The van der Waals surface area contributed by atoms with Gasteiger partial charge in [0.05, 0.1) is 39.8 Å². The number of nitrogens with zero attached hydrogens (tertiary/aromatic N) is 3. The molecule has 4 saturated carbocycles. The molecule has 0 heterocycles. The molecular weight excluding hydrogens is 1810 g/mol. The SMILES string of the molecule is BrCc1ccccc1.CN(C)/C=C(/C(=O)C1CCCCC1)c1ccc(OCc2ccccc2)cc1.CN(C)C(OC(C)(C)C)N(C)C.COC(=O)C(C(=O)C1CCCCC1)c1ccc(OCc2ccccc2)cc1.COC(=O)Cc1ccc(O)cc1.COC(=O)Cc1ccc(OCc2ccccc2)cc1.O=C(Cc1ccc(OCc2ccccc2)cc1)C1CCCCC1.O=C(Cl)C1CCCCC1. The first-order valence-electron chi connectivity index (χ1n) is 47.9. The van der Waals surface area contributed by atoms with Gasteiger partial charge in [0.2, 0.25) is 5.24 Å². The Morgan fingerprint density at radius 1 is 0.380 bits per heavy atom. The summed E-state index contributed by atoms with van der Waals surface area (Å²) < 4.78 is 42.9. The predicted octanol–water partition coefficient (Wildman–Crippen LogP) is 25.2. The minimum atomic E-state index is -0.846. The van der Waals surface area contributed by atoms with Crippen LogP contribution in [-0.2, 0) is 104 Å². The molecule has 4 aliphatic carbocycles. The van der Waals surface area contributed by atoms with Crippen molar-refractivity contribution in [2.75, 3.05) is 63.6 Å². The molecule has 734 valence electrons. The number of esters is 3. The van der Waals surface area contributed by atoms with E-state index in [1.807, 2.05) is 263 Å². The van der Waals surface area contributed by atoms with E-state index in [0.717, 1.165) is 150 Å². The quantitative estimate of drug-likeness (QED) is 0.00787. The molecule has 0 bridgehead atoms. The monoisotopic (exact) mass is 1950 g/mol. The van der Waals surface area contributed by atoms with Crippen LogP contribution in [0.3, 0.4) is 0 Å². The fourth-order valence-electron chi connectivity index (χ4n) is 15.9. The molecular formula is C116H145BrClN3O16. The standard InChI is InChI=1S/C24H29NO2.C23H26O4.C21H24O2.C16H16O3.C9H22N2O.C9H10O3.C7H7Br.C7H11ClO/c1-25(2)17-23(24(26)21-11-7-4-8-12-21)20-13-15-22(16-14-20)27-18-19-9-5-3-6-10-19;1-26-23(25)21(22(24)19-10-6-3-7-11-19)18-12-14-20(15-13-18)27-16-17-8-4-2-5-9-17;22-21(19-9-5-2-6-10-19)15-17-11-13-20(14-12-17)23-16-18-7-3-1-4-8-18;1-18-16(17)11-13-7-9-15(10-8-13)19-12-14-5-3-2-4-6-14;1-9(2,3)12-8(10(4)5)11(6)7;1-12-9(11)6-7-2-4-8(10)5-3-7;8-6-7-4-2-1-3-5-7;8-7(9)6-4-2-1-3-5-6/h3,5-6,9-10,13-17,21H,4,7-8,11-12,18H2,1-2H3;2,4-5,8-9,12-15,19,21H,3,6-7,10-11,16H2,1H3;1,3-4,7-8,11-14,19H,2,5-6,9-10,15-16H2;2-10H,11-12H2,1H3;8H,1-7H3;2-5,10H,6H2,1H3;1-5H,6H2;6H,1-5H2/b23-17+;;;;;;;. The first kappa shape index (κ1) is 112. The largest absolute Gasteiger partial charge is 0.508 e. The lowest BCUT2D eigenvalue weighted by Gasteiger charge is -2.35. The van der Waals surface area contributed by atoms with Crippen molar-refractivity contribution in [3.05, 3.63) is 335 Å². The van der Waals surface area contributed by atoms with Gasteiger partial charge in [-0.1, -0.05) is 305 Å². The fourth-order valence-corrected chi connectivity index (χ4v) is 16.5. The molecule has 0 aliphatic heterocycles. The summed E-state index contributed by atoms with van der Waals surface area (Å²) in [6, 6.07) is 87.4. The minimum absolute atomic E-state index is 0.0143. The van der Waals surface area contributed by atoms with Gasteiger partial charge in [-0.05, 0) is 228 Å². The van der Waals surface area contributed by atoms with Crippen molar-refractivity contribution in [1.82, 2.24) is 14.7 Å². The maximum Gasteiger partial charge on any atom is 0.320 e. The maximum atomic E-state index is 13.1. The number of carbonyl (C=O) groups excluding carboxylic acids is 7. The zero-order chi connectivity index (χ0) is 99.0. The van der Waals surface area contributed by atoms with E-state index >= 15 is 0 Å². The molecule has 10 aromatic carbocycles. The highest BCUT2D eigenvalue weighted by Gasteiger charge is 2.36. The van der Waals surface area contributed by atoms with Gasteiger partial charge in [-0.2, -0.15) is 0 Å². The van der Waals surface area contributed by atoms with E-state index in [2.05, 4.69) is 82.6 Å². The van der Waals surface area contributed by atoms with Crippen LogP contribution in [0.2, 0.25) is 0 Å². The van der Waals surface area contributed by atoms with Gasteiger partial charge >= 0.3 is 17.9 Å². The average molecular weight is 1950 g/mol. The van der Waals surface area contributed by atoms with E-state index < -0.39 is 11.9 Å². The molecule has 0 spiro atoms. The minimum Gasteiger partial charge on any atom is -0.508 e. The first-order valence-corrected chi connectivity index (χ1v) is 49.4. The summed E-state index contributed by atoms with van der Waals surface area (Å²) in [5.74, 6) is 2.78. The molecule has 1 unspecified atom stereocenters. The first-order chi connectivity index (χ1) is 66.1. The van der Waals surface area contributed by atoms with Gasteiger partial charge in [-0.25, -0.2) is 0 Å². The summed E-state index contributed by atoms with van der Waals surface area (Å²) in [4.78, 5) is 89.2. The van der Waals surface area contributed by atoms with Gasteiger partial charge in [0.1, 0.15) is 66.9 Å². The number of carbonyl (C=O) groups is 7. The Hall–Kier alpha value is -11.5. The molecule has 4 aliphatic rings. The van der Waals surface area contributed by atoms with Crippen molar-refractivity contribution in [2.24, 2.45) is 23.7 Å². The zero-order valence-electron chi connectivity index (χ0n) is 82.5. The Labute approximate surface area is 828 Å². The number of rotatable bonds is 32. The van der Waals surface area contributed by atoms with E-state index in [9.17, 15) is 33.6 Å². The number of alkyl halides is 1. The molecule has 0 saturated heterocycles. The Balaban J connectivity index is 0.000000220. The van der Waals surface area contributed by atoms with Gasteiger partial charge in [0.15, 0.2) is 17.9 Å². The number of aromatic hydroxyl groups is 1. The molecule has 10 aromatic rings. The van der Waals surface area contributed by atoms with Crippen molar-refractivity contribution in [3.8, 4) is 28.7 Å². The van der Waals surface area contributed by atoms with Crippen molar-refractivity contribution >= 4 is 73.6 Å². The zero-order valence-corrected chi connectivity index (χ0v) is 84.8. The number of hydrogen-bond acceptors (Lipinski definition) is 19. The van der Waals surface area contributed by atoms with Crippen molar-refractivity contribution in [1.29, 1.82) is 0 Å². The lowest BCUT2D eigenvalue weighted by atomic mass is 9.79. The molecule has 1 N–H and O–H groups in total. The number of Topliss-reactive ketones (excluding diaryl/α,β-unsaturated/α-hetero) is 3. The second-order valence-corrected chi connectivity index (χ2v) is 37.2. The summed E-state index contributed by atoms with van der Waals surface area (Å²) in [5.41, 5.74) is 11.0. The number of phenols is 1. The summed E-state index contributed by atoms with van der Waals surface area (Å²) in [6.45, 7) is 8.31. The van der Waals surface area contributed by atoms with Gasteiger partial charge < -0.3 is 47.9 Å². The fraction of sp³-hybridized carbons (Fsp3) is 0.405. The van der Waals surface area contributed by atoms with Gasteiger partial charge in [-0.3, -0.25) is 43.4 Å². The van der Waals surface area contributed by atoms with E-state index in [1.54, 1.807) is 24.3 Å². The summed E-state index contributed by atoms with van der Waals surface area (Å²) in [7, 11) is 16.0. The van der Waals surface area contributed by atoms with Gasteiger partial charge in [0.25, 0.3) is 0 Å². The summed E-state index contributed by atoms with van der Waals surface area (Å²) >= 11 is 8.68. The molecule has 19 nitrogen and oxygen atoms in total. The van der Waals surface area contributed by atoms with Crippen LogP contribution < -0.4 is 18.9 Å². The van der Waals surface area contributed by atoms with Gasteiger partial charge in [0, 0.05) is 61.3 Å². The molecule has 137 heavy (non-hydrogen) atoms. The molecule has 1 atom stereocenters. The molecule has 21 heteroatoms. The van der Waals surface area contributed by atoms with E-state index in [4.69, 9.17) is 45.1 Å². The molecule has 0 radical (unpaired) electrons. The Morgan fingerprint density at radius 2 is 0.693 bits per heavy atom. The lowest BCUT2D eigenvalue weighted by Crippen LogP contribution is -2.46. The van der Waals surface area contributed by atoms with Crippen LogP contribution in [0.5, 0.6) is 28.7 Å². The number of benzene rings is 10. The van der Waals surface area contributed by atoms with Crippen LogP contribution >= 0.6 is 27.5 Å². The number of methoxy groups -OCH3 is 3. The van der Waals surface area contributed by atoms with Crippen LogP contribution in [0, 0.1) is 23.7 Å². The van der Waals surface area contributed by atoms with Crippen molar-refractivity contribution in [2.45, 2.75) is 218 Å². The van der Waals surface area contributed by atoms with Crippen LogP contribution in [-0.4, -0.2) is 136 Å². The highest BCUT2D eigenvalue weighted by atomic mass is 79.9. The van der Waals surface area contributed by atoms with Crippen molar-refractivity contribution < 1.29 is 76.6 Å². The highest BCUT2D eigenvalue weighted by molar-refractivity contribution is 9.08. The van der Waals surface area contributed by atoms with E-state index in [-0.39, 0.29) is 83.0 Å². The summed E-state index contributed by atoms with van der Waals surface area (Å²) in [5, 5.41) is 9.75. The third kappa shape index (κ3) is 45.1.